The number of piperidine rings is 1. The first-order chi connectivity index (χ1) is 7.35. The third-order valence-corrected chi connectivity index (χ3v) is 3.94. The van der Waals surface area contributed by atoms with E-state index in [0.717, 1.165) is 18.9 Å². The zero-order valence-electron chi connectivity index (χ0n) is 9.58. The van der Waals surface area contributed by atoms with Gasteiger partial charge in [0.1, 0.15) is 0 Å². The maximum absolute atomic E-state index is 8.79. The number of nitriles is 1. The lowest BCUT2D eigenvalue weighted by Crippen LogP contribution is -2.41. The van der Waals surface area contributed by atoms with Crippen molar-refractivity contribution in [1.29, 1.82) is 5.26 Å². The SMILES string of the molecule is CCC(CC#N)N1C[C@@H]2CCCN[C@@H]2C1. The molecule has 2 fully saturated rings. The molecule has 0 spiro atoms. The van der Waals surface area contributed by atoms with E-state index in [0.29, 0.717) is 18.5 Å². The summed E-state index contributed by atoms with van der Waals surface area (Å²) in [6.07, 6.45) is 4.49. The van der Waals surface area contributed by atoms with Crippen LogP contribution in [0.15, 0.2) is 0 Å². The third-order valence-electron chi connectivity index (χ3n) is 3.94. The fourth-order valence-electron chi connectivity index (χ4n) is 3.02. The molecule has 3 atom stereocenters. The Kier molecular flexibility index (Phi) is 3.61. The van der Waals surface area contributed by atoms with Crippen molar-refractivity contribution in [2.45, 2.75) is 44.7 Å². The highest BCUT2D eigenvalue weighted by molar-refractivity contribution is 4.95. The molecule has 0 aromatic carbocycles. The second-order valence-electron chi connectivity index (χ2n) is 4.84. The van der Waals surface area contributed by atoms with Crippen molar-refractivity contribution in [3.8, 4) is 6.07 Å². The second kappa shape index (κ2) is 4.96. The summed E-state index contributed by atoms with van der Waals surface area (Å²) in [5, 5.41) is 12.4. The number of hydrogen-bond donors (Lipinski definition) is 1. The summed E-state index contributed by atoms with van der Waals surface area (Å²) in [7, 11) is 0. The number of likely N-dealkylation sites (tertiary alicyclic amines) is 1. The van der Waals surface area contributed by atoms with E-state index in [1.165, 1.54) is 25.9 Å². The molecular formula is C12H21N3. The molecule has 2 aliphatic heterocycles. The van der Waals surface area contributed by atoms with Gasteiger partial charge in [0.2, 0.25) is 0 Å². The lowest BCUT2D eigenvalue weighted by molar-refractivity contribution is 0.228. The summed E-state index contributed by atoms with van der Waals surface area (Å²) in [5.41, 5.74) is 0. The maximum atomic E-state index is 8.79. The molecule has 3 nitrogen and oxygen atoms in total. The first-order valence-corrected chi connectivity index (χ1v) is 6.19. The summed E-state index contributed by atoms with van der Waals surface area (Å²) >= 11 is 0. The summed E-state index contributed by atoms with van der Waals surface area (Å²) in [5.74, 6) is 0.839. The van der Waals surface area contributed by atoms with Crippen molar-refractivity contribution in [3.63, 3.8) is 0 Å². The van der Waals surface area contributed by atoms with E-state index in [-0.39, 0.29) is 0 Å². The van der Waals surface area contributed by atoms with Crippen LogP contribution in [0.25, 0.3) is 0 Å². The van der Waals surface area contributed by atoms with Crippen LogP contribution in [0.1, 0.15) is 32.6 Å². The Morgan fingerprint density at radius 3 is 3.07 bits per heavy atom. The molecule has 0 radical (unpaired) electrons. The van der Waals surface area contributed by atoms with Gasteiger partial charge in [-0.15, -0.1) is 0 Å². The topological polar surface area (TPSA) is 39.1 Å². The van der Waals surface area contributed by atoms with Gasteiger partial charge in [-0.2, -0.15) is 5.26 Å². The van der Waals surface area contributed by atoms with Gasteiger partial charge in [-0.1, -0.05) is 6.92 Å². The van der Waals surface area contributed by atoms with Crippen molar-refractivity contribution in [1.82, 2.24) is 10.2 Å². The van der Waals surface area contributed by atoms with Crippen LogP contribution in [-0.4, -0.2) is 36.6 Å². The molecule has 0 aromatic rings. The zero-order valence-corrected chi connectivity index (χ0v) is 9.58. The van der Waals surface area contributed by atoms with Crippen LogP contribution in [-0.2, 0) is 0 Å². The van der Waals surface area contributed by atoms with Crippen LogP contribution in [0, 0.1) is 17.2 Å². The molecular weight excluding hydrogens is 186 g/mol. The molecule has 2 heterocycles. The van der Waals surface area contributed by atoms with Crippen LogP contribution >= 0.6 is 0 Å². The van der Waals surface area contributed by atoms with Crippen LogP contribution in [0.4, 0.5) is 0 Å². The highest BCUT2D eigenvalue weighted by atomic mass is 15.2. The third kappa shape index (κ3) is 2.32. The Morgan fingerprint density at radius 2 is 2.40 bits per heavy atom. The zero-order chi connectivity index (χ0) is 10.7. The van der Waals surface area contributed by atoms with E-state index in [4.69, 9.17) is 5.26 Å². The predicted molar refractivity (Wildman–Crippen MR) is 60.4 cm³/mol. The van der Waals surface area contributed by atoms with Gasteiger partial charge >= 0.3 is 0 Å². The van der Waals surface area contributed by atoms with Crippen LogP contribution in [0.2, 0.25) is 0 Å². The molecule has 0 amide bonds. The van der Waals surface area contributed by atoms with Crippen LogP contribution < -0.4 is 5.32 Å². The fraction of sp³-hybridized carbons (Fsp3) is 0.917. The van der Waals surface area contributed by atoms with Crippen molar-refractivity contribution in [3.05, 3.63) is 0 Å². The van der Waals surface area contributed by atoms with Crippen LogP contribution in [0.5, 0.6) is 0 Å². The fourth-order valence-corrected chi connectivity index (χ4v) is 3.02. The number of nitrogens with zero attached hydrogens (tertiary/aromatic N) is 2. The summed E-state index contributed by atoms with van der Waals surface area (Å²) < 4.78 is 0. The summed E-state index contributed by atoms with van der Waals surface area (Å²) in [6.45, 7) is 5.74. The smallest absolute Gasteiger partial charge is 0.0638 e. The Hall–Kier alpha value is -0.590. The molecule has 0 aliphatic carbocycles. The molecule has 0 bridgehead atoms. The lowest BCUT2D eigenvalue weighted by Gasteiger charge is -2.25. The van der Waals surface area contributed by atoms with E-state index < -0.39 is 0 Å². The molecule has 0 aromatic heterocycles. The minimum Gasteiger partial charge on any atom is -0.312 e. The first kappa shape index (κ1) is 10.9. The number of rotatable bonds is 3. The largest absolute Gasteiger partial charge is 0.312 e. The van der Waals surface area contributed by atoms with Gasteiger partial charge in [-0.3, -0.25) is 4.90 Å². The highest BCUT2D eigenvalue weighted by Gasteiger charge is 2.36. The van der Waals surface area contributed by atoms with E-state index in [9.17, 15) is 0 Å². The lowest BCUT2D eigenvalue weighted by atomic mass is 9.94. The number of nitrogens with one attached hydrogen (secondary N) is 1. The molecule has 84 valence electrons. The molecule has 2 rings (SSSR count). The Labute approximate surface area is 92.4 Å². The van der Waals surface area contributed by atoms with Gasteiger partial charge in [-0.05, 0) is 31.7 Å². The molecule has 0 saturated carbocycles. The van der Waals surface area contributed by atoms with Gasteiger partial charge in [0.25, 0.3) is 0 Å². The van der Waals surface area contributed by atoms with Crippen molar-refractivity contribution in [2.24, 2.45) is 5.92 Å². The van der Waals surface area contributed by atoms with E-state index in [1.54, 1.807) is 0 Å². The standard InChI is InChI=1S/C12H21N3/c1-2-11(5-6-13)15-8-10-4-3-7-14-12(10)9-15/h10-12,14H,2-5,7-9H2,1H3/t10-,11?,12+/m0/s1. The van der Waals surface area contributed by atoms with Gasteiger partial charge in [0.05, 0.1) is 12.5 Å². The molecule has 1 N–H and O–H groups in total. The number of hydrogen-bond acceptors (Lipinski definition) is 3. The van der Waals surface area contributed by atoms with E-state index in [1.807, 2.05) is 0 Å². The highest BCUT2D eigenvalue weighted by Crippen LogP contribution is 2.27. The summed E-state index contributed by atoms with van der Waals surface area (Å²) in [4.78, 5) is 2.52. The van der Waals surface area contributed by atoms with Gasteiger partial charge in [-0.25, -0.2) is 0 Å². The second-order valence-corrected chi connectivity index (χ2v) is 4.84. The van der Waals surface area contributed by atoms with Crippen molar-refractivity contribution in [2.75, 3.05) is 19.6 Å². The molecule has 3 heteroatoms. The molecule has 2 saturated heterocycles. The number of fused-ring (bicyclic) bond motifs is 1. The minimum atomic E-state index is 0.488. The Morgan fingerprint density at radius 1 is 1.53 bits per heavy atom. The minimum absolute atomic E-state index is 0.488. The molecule has 2 aliphatic rings. The normalized spacial score (nSPS) is 33.3. The van der Waals surface area contributed by atoms with Crippen molar-refractivity contribution < 1.29 is 0 Å². The van der Waals surface area contributed by atoms with Gasteiger partial charge in [0.15, 0.2) is 0 Å². The van der Waals surface area contributed by atoms with Crippen molar-refractivity contribution >= 4 is 0 Å². The Balaban J connectivity index is 1.92. The van der Waals surface area contributed by atoms with Crippen LogP contribution in [0.3, 0.4) is 0 Å². The quantitative estimate of drug-likeness (QED) is 0.759. The summed E-state index contributed by atoms with van der Waals surface area (Å²) in [6, 6.07) is 3.50. The molecule has 15 heavy (non-hydrogen) atoms. The predicted octanol–water partition coefficient (Wildman–Crippen LogP) is 1.36. The van der Waals surface area contributed by atoms with Gasteiger partial charge in [0, 0.05) is 25.2 Å². The average Bonchev–Trinajstić information content (AvgIpc) is 2.69. The van der Waals surface area contributed by atoms with Gasteiger partial charge < -0.3 is 5.32 Å². The monoisotopic (exact) mass is 207 g/mol. The Bertz CT molecular complexity index is 232. The average molecular weight is 207 g/mol. The first-order valence-electron chi connectivity index (χ1n) is 6.19. The maximum Gasteiger partial charge on any atom is 0.0638 e. The molecule has 1 unspecified atom stereocenters. The van der Waals surface area contributed by atoms with E-state index in [2.05, 4.69) is 23.2 Å². The van der Waals surface area contributed by atoms with E-state index >= 15 is 0 Å².